The Bertz CT molecular complexity index is 559. The normalized spacial score (nSPS) is 17.3. The maximum absolute atomic E-state index is 12.0. The lowest BCUT2D eigenvalue weighted by molar-refractivity contribution is -0.169. The van der Waals surface area contributed by atoms with Crippen molar-refractivity contribution in [3.63, 3.8) is 0 Å². The molecule has 1 unspecified atom stereocenters. The molecule has 0 radical (unpaired) electrons. The zero-order chi connectivity index (χ0) is 14.2. The van der Waals surface area contributed by atoms with Crippen LogP contribution in [-0.4, -0.2) is 27.2 Å². The quantitative estimate of drug-likeness (QED) is 0.644. The smallest absolute Gasteiger partial charge is 0.285 e. The van der Waals surface area contributed by atoms with Gasteiger partial charge in [0.25, 0.3) is 11.8 Å². The molecule has 0 saturated carbocycles. The Morgan fingerprint density at radius 1 is 1.16 bits per heavy atom. The van der Waals surface area contributed by atoms with Gasteiger partial charge in [0.2, 0.25) is 0 Å². The second-order valence-corrected chi connectivity index (χ2v) is 4.57. The number of hydroxylamine groups is 2. The number of aromatic hydroxyl groups is 1. The standard InChI is InChI=1S/C14H15NO4/c1-3-8(2)11-12(14(18)15(19)13(11)17)9-4-6-10(16)7-5-9/h4-8,16,19H,3H2,1-2H3. The first-order chi connectivity index (χ1) is 8.97. The van der Waals surface area contributed by atoms with Crippen molar-refractivity contribution < 1.29 is 19.9 Å². The van der Waals surface area contributed by atoms with E-state index in [-0.39, 0.29) is 22.3 Å². The largest absolute Gasteiger partial charge is 0.508 e. The van der Waals surface area contributed by atoms with Crippen molar-refractivity contribution >= 4 is 17.4 Å². The van der Waals surface area contributed by atoms with Gasteiger partial charge in [-0.1, -0.05) is 26.0 Å². The van der Waals surface area contributed by atoms with Crippen LogP contribution >= 0.6 is 0 Å². The Labute approximate surface area is 110 Å². The summed E-state index contributed by atoms with van der Waals surface area (Å²) in [6.45, 7) is 3.74. The Balaban J connectivity index is 2.59. The third-order valence-electron chi connectivity index (χ3n) is 3.36. The molecule has 1 aliphatic heterocycles. The highest BCUT2D eigenvalue weighted by molar-refractivity contribution is 6.35. The highest BCUT2D eigenvalue weighted by Gasteiger charge is 2.40. The fraction of sp³-hybridized carbons (Fsp3) is 0.286. The average Bonchev–Trinajstić information content (AvgIpc) is 2.63. The zero-order valence-corrected chi connectivity index (χ0v) is 10.8. The van der Waals surface area contributed by atoms with E-state index >= 15 is 0 Å². The molecule has 5 nitrogen and oxygen atoms in total. The molecule has 0 bridgehead atoms. The van der Waals surface area contributed by atoms with Crippen LogP contribution in [0.15, 0.2) is 29.8 Å². The minimum absolute atomic E-state index is 0.0760. The molecule has 2 amide bonds. The summed E-state index contributed by atoms with van der Waals surface area (Å²) in [5, 5.41) is 18.9. The molecule has 0 aliphatic carbocycles. The summed E-state index contributed by atoms with van der Waals surface area (Å²) in [6, 6.07) is 5.98. The van der Waals surface area contributed by atoms with Crippen molar-refractivity contribution in [2.24, 2.45) is 5.92 Å². The Kier molecular flexibility index (Phi) is 3.40. The molecular formula is C14H15NO4. The number of benzene rings is 1. The first-order valence-corrected chi connectivity index (χ1v) is 6.08. The van der Waals surface area contributed by atoms with Gasteiger partial charge in [-0.2, -0.15) is 0 Å². The van der Waals surface area contributed by atoms with Gasteiger partial charge in [-0.3, -0.25) is 14.8 Å². The molecule has 0 fully saturated rings. The van der Waals surface area contributed by atoms with E-state index in [0.29, 0.717) is 17.6 Å². The van der Waals surface area contributed by atoms with E-state index in [1.165, 1.54) is 12.1 Å². The van der Waals surface area contributed by atoms with E-state index in [1.54, 1.807) is 12.1 Å². The van der Waals surface area contributed by atoms with Crippen molar-refractivity contribution in [2.45, 2.75) is 20.3 Å². The van der Waals surface area contributed by atoms with Crippen LogP contribution < -0.4 is 0 Å². The molecule has 2 rings (SSSR count). The number of phenols is 1. The summed E-state index contributed by atoms with van der Waals surface area (Å²) in [6.07, 6.45) is 0.684. The predicted octanol–water partition coefficient (Wildman–Crippen LogP) is 1.95. The number of hydrogen-bond acceptors (Lipinski definition) is 4. The van der Waals surface area contributed by atoms with Crippen LogP contribution in [0.2, 0.25) is 0 Å². The third-order valence-corrected chi connectivity index (χ3v) is 3.36. The Morgan fingerprint density at radius 3 is 2.26 bits per heavy atom. The number of phenolic OH excluding ortho intramolecular Hbond substituents is 1. The van der Waals surface area contributed by atoms with Crippen LogP contribution in [0.4, 0.5) is 0 Å². The minimum Gasteiger partial charge on any atom is -0.508 e. The lowest BCUT2D eigenvalue weighted by atomic mass is 9.91. The molecule has 1 aliphatic rings. The van der Waals surface area contributed by atoms with Gasteiger partial charge in [0.05, 0.1) is 5.57 Å². The first-order valence-electron chi connectivity index (χ1n) is 6.08. The molecule has 2 N–H and O–H groups in total. The fourth-order valence-electron chi connectivity index (χ4n) is 2.10. The topological polar surface area (TPSA) is 77.8 Å². The molecule has 1 heterocycles. The molecule has 1 atom stereocenters. The number of rotatable bonds is 3. The van der Waals surface area contributed by atoms with Crippen molar-refractivity contribution in [1.29, 1.82) is 0 Å². The third kappa shape index (κ3) is 2.13. The van der Waals surface area contributed by atoms with E-state index in [9.17, 15) is 19.9 Å². The Morgan fingerprint density at radius 2 is 1.74 bits per heavy atom. The molecule has 1 aromatic rings. The summed E-state index contributed by atoms with van der Waals surface area (Å²) in [4.78, 5) is 23.9. The van der Waals surface area contributed by atoms with E-state index in [2.05, 4.69) is 0 Å². The highest BCUT2D eigenvalue weighted by Crippen LogP contribution is 2.34. The summed E-state index contributed by atoms with van der Waals surface area (Å²) < 4.78 is 0. The molecule has 19 heavy (non-hydrogen) atoms. The van der Waals surface area contributed by atoms with E-state index in [0.717, 1.165) is 0 Å². The van der Waals surface area contributed by atoms with Gasteiger partial charge in [0, 0.05) is 5.57 Å². The van der Waals surface area contributed by atoms with Crippen LogP contribution in [-0.2, 0) is 9.59 Å². The summed E-state index contributed by atoms with van der Waals surface area (Å²) in [5.74, 6) is -1.43. The van der Waals surface area contributed by atoms with E-state index < -0.39 is 11.8 Å². The molecular weight excluding hydrogens is 246 g/mol. The average molecular weight is 261 g/mol. The number of amides is 2. The lowest BCUT2D eigenvalue weighted by Gasteiger charge is -2.10. The van der Waals surface area contributed by atoms with Crippen LogP contribution in [0.3, 0.4) is 0 Å². The number of carbonyl (C=O) groups excluding carboxylic acids is 2. The Hall–Kier alpha value is -2.14. The minimum atomic E-state index is -0.717. The second kappa shape index (κ2) is 4.85. The zero-order valence-electron chi connectivity index (χ0n) is 10.8. The van der Waals surface area contributed by atoms with E-state index in [4.69, 9.17) is 0 Å². The van der Waals surface area contributed by atoms with Gasteiger partial charge in [-0.25, -0.2) is 0 Å². The number of nitrogens with zero attached hydrogens (tertiary/aromatic N) is 1. The van der Waals surface area contributed by atoms with Crippen LogP contribution in [0.25, 0.3) is 5.57 Å². The number of imide groups is 1. The lowest BCUT2D eigenvalue weighted by Crippen LogP contribution is -2.28. The van der Waals surface area contributed by atoms with Crippen molar-refractivity contribution in [1.82, 2.24) is 5.06 Å². The molecule has 1 aromatic carbocycles. The summed E-state index contributed by atoms with van der Waals surface area (Å²) >= 11 is 0. The van der Waals surface area contributed by atoms with Gasteiger partial charge in [0.1, 0.15) is 5.75 Å². The number of hydrogen-bond donors (Lipinski definition) is 2. The molecule has 0 aromatic heterocycles. The maximum atomic E-state index is 12.0. The van der Waals surface area contributed by atoms with Crippen molar-refractivity contribution in [3.05, 3.63) is 35.4 Å². The summed E-state index contributed by atoms with van der Waals surface area (Å²) in [5.41, 5.74) is 1.05. The van der Waals surface area contributed by atoms with Crippen LogP contribution in [0, 0.1) is 5.92 Å². The SMILES string of the molecule is CCC(C)C1=C(c2ccc(O)cc2)C(=O)N(O)C1=O. The number of carbonyl (C=O) groups is 2. The van der Waals surface area contributed by atoms with Crippen LogP contribution in [0.1, 0.15) is 25.8 Å². The summed E-state index contributed by atoms with van der Waals surface area (Å²) in [7, 11) is 0. The van der Waals surface area contributed by atoms with Gasteiger partial charge in [-0.05, 0) is 30.0 Å². The van der Waals surface area contributed by atoms with Gasteiger partial charge < -0.3 is 5.11 Å². The maximum Gasteiger partial charge on any atom is 0.285 e. The van der Waals surface area contributed by atoms with Gasteiger partial charge >= 0.3 is 0 Å². The second-order valence-electron chi connectivity index (χ2n) is 4.57. The molecule has 100 valence electrons. The van der Waals surface area contributed by atoms with Crippen LogP contribution in [0.5, 0.6) is 5.75 Å². The molecule has 0 saturated heterocycles. The van der Waals surface area contributed by atoms with E-state index in [1.807, 2.05) is 13.8 Å². The van der Waals surface area contributed by atoms with Gasteiger partial charge in [0.15, 0.2) is 0 Å². The molecule has 0 spiro atoms. The van der Waals surface area contributed by atoms with Crippen molar-refractivity contribution in [3.8, 4) is 5.75 Å². The molecule has 5 heteroatoms. The predicted molar refractivity (Wildman–Crippen MR) is 68.1 cm³/mol. The van der Waals surface area contributed by atoms with Gasteiger partial charge in [-0.15, -0.1) is 5.06 Å². The monoisotopic (exact) mass is 261 g/mol. The fourth-order valence-corrected chi connectivity index (χ4v) is 2.10. The highest BCUT2D eigenvalue weighted by atomic mass is 16.5. The van der Waals surface area contributed by atoms with Crippen molar-refractivity contribution in [2.75, 3.05) is 0 Å². The first kappa shape index (κ1) is 13.3.